The lowest BCUT2D eigenvalue weighted by atomic mass is 10.3. The number of amides is 1. The first kappa shape index (κ1) is 12.2. The molecule has 0 bridgehead atoms. The van der Waals surface area contributed by atoms with Gasteiger partial charge in [-0.15, -0.1) is 0 Å². The van der Waals surface area contributed by atoms with Crippen LogP contribution in [-0.2, 0) is 4.79 Å². The molecule has 3 nitrogen and oxygen atoms in total. The molecule has 0 rings (SSSR count). The van der Waals surface area contributed by atoms with E-state index in [-0.39, 0.29) is 19.5 Å². The Labute approximate surface area is 72.3 Å². The maximum atomic E-state index is 12.2. The first-order chi connectivity index (χ1) is 5.92. The average Bonchev–Trinajstić information content (AvgIpc) is 2.04. The van der Waals surface area contributed by atoms with Crippen LogP contribution in [0.1, 0.15) is 6.42 Å². The molecule has 0 saturated heterocycles. The average molecular weight is 202 g/mol. The predicted octanol–water partition coefficient (Wildman–Crippen LogP) is 0.352. The van der Waals surface area contributed by atoms with E-state index in [9.17, 15) is 22.4 Å². The highest BCUT2D eigenvalue weighted by molar-refractivity contribution is 5.83. The van der Waals surface area contributed by atoms with Gasteiger partial charge >= 0.3 is 12.3 Å². The number of carbonyl (C=O) groups is 1. The van der Waals surface area contributed by atoms with Crippen LogP contribution in [0.2, 0.25) is 0 Å². The van der Waals surface area contributed by atoms with Crippen molar-refractivity contribution >= 4 is 5.91 Å². The Hall–Kier alpha value is -0.850. The second-order valence-electron chi connectivity index (χ2n) is 2.32. The number of carbonyl (C=O) groups excluding carboxylic acids is 1. The molecule has 13 heavy (non-hydrogen) atoms. The Morgan fingerprint density at radius 3 is 2.38 bits per heavy atom. The van der Waals surface area contributed by atoms with Gasteiger partial charge in [0.1, 0.15) is 0 Å². The number of hydrogen-bond acceptors (Lipinski definition) is 2. The van der Waals surface area contributed by atoms with Crippen LogP contribution in [0.25, 0.3) is 0 Å². The third kappa shape index (κ3) is 3.58. The second kappa shape index (κ2) is 5.00. The first-order valence-corrected chi connectivity index (χ1v) is 3.57. The fraction of sp³-hybridized carbons (Fsp3) is 0.833. The second-order valence-corrected chi connectivity index (χ2v) is 2.32. The molecule has 78 valence electrons. The maximum Gasteiger partial charge on any atom is 0.383 e. The van der Waals surface area contributed by atoms with Crippen LogP contribution in [0.4, 0.5) is 17.6 Å². The highest BCUT2D eigenvalue weighted by Crippen LogP contribution is 2.22. The molecule has 0 aliphatic heterocycles. The minimum Gasteiger partial charge on any atom is -0.351 e. The predicted molar refractivity (Wildman–Crippen MR) is 37.6 cm³/mol. The molecule has 0 aromatic heterocycles. The summed E-state index contributed by atoms with van der Waals surface area (Å²) in [7, 11) is 0. The third-order valence-electron chi connectivity index (χ3n) is 1.24. The van der Waals surface area contributed by atoms with E-state index in [1.165, 1.54) is 0 Å². The van der Waals surface area contributed by atoms with Crippen molar-refractivity contribution in [2.45, 2.75) is 18.8 Å². The fourth-order valence-corrected chi connectivity index (χ4v) is 0.521. The largest absolute Gasteiger partial charge is 0.383 e. The molecular weight excluding hydrogens is 192 g/mol. The fourth-order valence-electron chi connectivity index (χ4n) is 0.521. The van der Waals surface area contributed by atoms with E-state index in [0.29, 0.717) is 0 Å². The van der Waals surface area contributed by atoms with Crippen molar-refractivity contribution in [3.63, 3.8) is 0 Å². The minimum atomic E-state index is -4.62. The van der Waals surface area contributed by atoms with Crippen molar-refractivity contribution in [1.82, 2.24) is 5.32 Å². The van der Waals surface area contributed by atoms with Gasteiger partial charge in [-0.2, -0.15) is 8.78 Å². The lowest BCUT2D eigenvalue weighted by molar-refractivity contribution is -0.169. The first-order valence-electron chi connectivity index (χ1n) is 3.57. The summed E-state index contributed by atoms with van der Waals surface area (Å²) < 4.78 is 47.4. The summed E-state index contributed by atoms with van der Waals surface area (Å²) in [6.45, 7) is 0.0676. The van der Waals surface area contributed by atoms with E-state index < -0.39 is 18.3 Å². The van der Waals surface area contributed by atoms with E-state index in [2.05, 4.69) is 0 Å². The van der Waals surface area contributed by atoms with Crippen molar-refractivity contribution in [2.24, 2.45) is 5.73 Å². The zero-order valence-electron chi connectivity index (χ0n) is 6.70. The van der Waals surface area contributed by atoms with Crippen molar-refractivity contribution in [3.05, 3.63) is 0 Å². The summed E-state index contributed by atoms with van der Waals surface area (Å²) >= 11 is 0. The molecule has 0 spiro atoms. The van der Waals surface area contributed by atoms with Crippen LogP contribution >= 0.6 is 0 Å². The normalized spacial score (nSPS) is 11.8. The van der Waals surface area contributed by atoms with E-state index in [4.69, 9.17) is 5.73 Å². The monoisotopic (exact) mass is 202 g/mol. The molecule has 7 heteroatoms. The zero-order chi connectivity index (χ0) is 10.5. The molecule has 0 radical (unpaired) electrons. The van der Waals surface area contributed by atoms with Crippen molar-refractivity contribution < 1.29 is 22.4 Å². The summed E-state index contributed by atoms with van der Waals surface area (Å²) in [6.07, 6.45) is -3.71. The molecule has 0 aliphatic rings. The maximum absolute atomic E-state index is 12.2. The number of rotatable bonds is 5. The minimum absolute atomic E-state index is 0.127. The molecular formula is C6H10F4N2O. The zero-order valence-corrected chi connectivity index (χ0v) is 6.70. The van der Waals surface area contributed by atoms with Gasteiger partial charge in [0.15, 0.2) is 0 Å². The molecule has 0 aromatic carbocycles. The van der Waals surface area contributed by atoms with Crippen molar-refractivity contribution in [2.75, 3.05) is 13.1 Å². The molecule has 0 atom stereocenters. The smallest absolute Gasteiger partial charge is 0.351 e. The molecule has 0 saturated carbocycles. The van der Waals surface area contributed by atoms with Gasteiger partial charge in [-0.1, -0.05) is 0 Å². The highest BCUT2D eigenvalue weighted by Gasteiger charge is 2.48. The van der Waals surface area contributed by atoms with E-state index >= 15 is 0 Å². The van der Waals surface area contributed by atoms with Gasteiger partial charge in [-0.3, -0.25) is 4.79 Å². The van der Waals surface area contributed by atoms with E-state index in [1.807, 2.05) is 0 Å². The van der Waals surface area contributed by atoms with Crippen LogP contribution in [0, 0.1) is 0 Å². The quantitative estimate of drug-likeness (QED) is 0.499. The van der Waals surface area contributed by atoms with E-state index in [0.717, 1.165) is 0 Å². The van der Waals surface area contributed by atoms with Gasteiger partial charge in [-0.05, 0) is 13.0 Å². The van der Waals surface area contributed by atoms with Crippen LogP contribution < -0.4 is 11.1 Å². The topological polar surface area (TPSA) is 55.1 Å². The van der Waals surface area contributed by atoms with Crippen molar-refractivity contribution in [1.29, 1.82) is 0 Å². The Bertz CT molecular complexity index is 174. The Morgan fingerprint density at radius 2 is 2.00 bits per heavy atom. The number of alkyl halides is 4. The lowest BCUT2D eigenvalue weighted by Gasteiger charge is -2.14. The Kier molecular flexibility index (Phi) is 4.68. The van der Waals surface area contributed by atoms with E-state index in [1.54, 1.807) is 5.32 Å². The van der Waals surface area contributed by atoms with Crippen LogP contribution in [-0.4, -0.2) is 31.3 Å². The van der Waals surface area contributed by atoms with Gasteiger partial charge in [0.2, 0.25) is 0 Å². The van der Waals surface area contributed by atoms with Crippen molar-refractivity contribution in [3.8, 4) is 0 Å². The molecule has 1 amide bonds. The molecule has 0 heterocycles. The SMILES string of the molecule is NCCCNC(=O)C(F)(F)C(F)F. The summed E-state index contributed by atoms with van der Waals surface area (Å²) in [5.41, 5.74) is 5.00. The summed E-state index contributed by atoms with van der Waals surface area (Å²) in [4.78, 5) is 10.4. The van der Waals surface area contributed by atoms with Gasteiger partial charge in [-0.25, -0.2) is 8.78 Å². The van der Waals surface area contributed by atoms with Gasteiger partial charge < -0.3 is 11.1 Å². The number of hydrogen-bond donors (Lipinski definition) is 2. The van der Waals surface area contributed by atoms with Crippen LogP contribution in [0.3, 0.4) is 0 Å². The van der Waals surface area contributed by atoms with Gasteiger partial charge in [0.05, 0.1) is 0 Å². The van der Waals surface area contributed by atoms with Gasteiger partial charge in [0.25, 0.3) is 5.91 Å². The Morgan fingerprint density at radius 1 is 1.46 bits per heavy atom. The summed E-state index contributed by atoms with van der Waals surface area (Å²) in [5, 5.41) is 1.66. The molecule has 3 N–H and O–H groups in total. The molecule has 0 unspecified atom stereocenters. The lowest BCUT2D eigenvalue weighted by Crippen LogP contribution is -2.45. The standard InChI is InChI=1S/C6H10F4N2O/c7-4(8)6(9,10)5(13)12-3-1-2-11/h4H,1-3,11H2,(H,12,13). The number of halogens is 4. The summed E-state index contributed by atoms with van der Waals surface area (Å²) in [6, 6.07) is 0. The highest BCUT2D eigenvalue weighted by atomic mass is 19.3. The Balaban J connectivity index is 3.95. The van der Waals surface area contributed by atoms with Gasteiger partial charge in [0, 0.05) is 6.54 Å². The molecule has 0 aliphatic carbocycles. The van der Waals surface area contributed by atoms with Crippen LogP contribution in [0.5, 0.6) is 0 Å². The third-order valence-corrected chi connectivity index (χ3v) is 1.24. The van der Waals surface area contributed by atoms with Crippen LogP contribution in [0.15, 0.2) is 0 Å². The number of nitrogens with one attached hydrogen (secondary N) is 1. The molecule has 0 aromatic rings. The number of nitrogens with two attached hydrogens (primary N) is 1. The molecule has 0 fully saturated rings. The summed E-state index contributed by atoms with van der Waals surface area (Å²) in [5.74, 6) is -6.58.